The Bertz CT molecular complexity index is 1200. The summed E-state index contributed by atoms with van der Waals surface area (Å²) in [4.78, 5) is 28.9. The molecule has 2 aromatic rings. The summed E-state index contributed by atoms with van der Waals surface area (Å²) in [6.45, 7) is 5.43. The molecule has 4 N–H and O–H groups in total. The highest BCUT2D eigenvalue weighted by Gasteiger charge is 2.61. The van der Waals surface area contributed by atoms with Gasteiger partial charge in [-0.1, -0.05) is 56.1 Å². The number of nitrogens with zero attached hydrogens (tertiary/aromatic N) is 2. The fraction of sp³-hybridized carbons (Fsp3) is 0.462. The van der Waals surface area contributed by atoms with Crippen LogP contribution in [0.3, 0.4) is 0 Å². The molecule has 0 saturated carbocycles. The Kier molecular flexibility index (Phi) is 8.81. The molecule has 0 radical (unpaired) electrons. The van der Waals surface area contributed by atoms with E-state index < -0.39 is 60.2 Å². The standard InChI is InChI=1S/C26H29Cl2FN4O4/c1-25(2,3)10-19-26(13-30,18-8-7-14(27)11-32-18)21(16-5-4-6-17(28)22(16)29)23(33-19)24(36)37-12-15(34)9-20(31)35/h4-8,11,15,19,21,23,33-34H,9-10,12H2,1-3H3,(H2,31,35)/t15-,19-,21-,23+,26-/m0/s1. The van der Waals surface area contributed by atoms with E-state index in [4.69, 9.17) is 33.7 Å². The third kappa shape index (κ3) is 6.21. The van der Waals surface area contributed by atoms with E-state index in [1.54, 1.807) is 12.1 Å². The van der Waals surface area contributed by atoms with Gasteiger partial charge in [-0.2, -0.15) is 5.26 Å². The Morgan fingerprint density at radius 3 is 2.59 bits per heavy atom. The van der Waals surface area contributed by atoms with Gasteiger partial charge in [-0.3, -0.25) is 19.9 Å². The number of amides is 1. The number of nitriles is 1. The molecule has 1 aromatic carbocycles. The van der Waals surface area contributed by atoms with Crippen LogP contribution in [0.4, 0.5) is 4.39 Å². The number of aliphatic hydroxyl groups excluding tert-OH is 1. The molecule has 2 heterocycles. The molecule has 5 atom stereocenters. The van der Waals surface area contributed by atoms with Gasteiger partial charge in [0.1, 0.15) is 23.9 Å². The van der Waals surface area contributed by atoms with Crippen LogP contribution in [0, 0.1) is 22.6 Å². The van der Waals surface area contributed by atoms with Crippen molar-refractivity contribution in [1.29, 1.82) is 5.26 Å². The number of esters is 1. The molecule has 0 bridgehead atoms. The molecular weight excluding hydrogens is 522 g/mol. The van der Waals surface area contributed by atoms with Crippen LogP contribution in [0.5, 0.6) is 0 Å². The number of ether oxygens (including phenoxy) is 1. The first-order chi connectivity index (χ1) is 17.3. The van der Waals surface area contributed by atoms with Crippen LogP contribution in [0.15, 0.2) is 36.5 Å². The second kappa shape index (κ2) is 11.3. The first-order valence-corrected chi connectivity index (χ1v) is 12.4. The van der Waals surface area contributed by atoms with Crippen molar-refractivity contribution in [3.8, 4) is 6.07 Å². The second-order valence-electron chi connectivity index (χ2n) is 10.4. The topological polar surface area (TPSA) is 138 Å². The van der Waals surface area contributed by atoms with Crippen LogP contribution >= 0.6 is 23.2 Å². The highest BCUT2D eigenvalue weighted by Crippen LogP contribution is 2.51. The average Bonchev–Trinajstić information content (AvgIpc) is 3.12. The van der Waals surface area contributed by atoms with Crippen molar-refractivity contribution >= 4 is 35.1 Å². The van der Waals surface area contributed by atoms with E-state index in [1.807, 2.05) is 20.8 Å². The molecule has 1 aliphatic heterocycles. The first kappa shape index (κ1) is 28.8. The molecule has 0 spiro atoms. The van der Waals surface area contributed by atoms with Gasteiger partial charge in [0.2, 0.25) is 5.91 Å². The SMILES string of the molecule is CC(C)(C)C[C@@H]1N[C@@H](C(=O)OC[C@@H](O)CC(N)=O)[C@H](c2cccc(Cl)c2F)[C@@]1(C#N)c1ccc(Cl)cn1. The van der Waals surface area contributed by atoms with Crippen molar-refractivity contribution in [2.24, 2.45) is 11.1 Å². The maximum absolute atomic E-state index is 15.5. The number of rotatable bonds is 8. The summed E-state index contributed by atoms with van der Waals surface area (Å²) in [6, 6.07) is 8.03. The zero-order valence-corrected chi connectivity index (χ0v) is 22.2. The lowest BCUT2D eigenvalue weighted by molar-refractivity contribution is -0.150. The second-order valence-corrected chi connectivity index (χ2v) is 11.2. The summed E-state index contributed by atoms with van der Waals surface area (Å²) in [5.74, 6) is -3.48. The molecule has 37 heavy (non-hydrogen) atoms. The van der Waals surface area contributed by atoms with Gasteiger partial charge < -0.3 is 15.6 Å². The number of aromatic nitrogens is 1. The third-order valence-corrected chi connectivity index (χ3v) is 6.85. The van der Waals surface area contributed by atoms with Gasteiger partial charge in [-0.25, -0.2) is 4.39 Å². The van der Waals surface area contributed by atoms with Crippen LogP contribution in [-0.2, 0) is 19.7 Å². The number of halogens is 3. The van der Waals surface area contributed by atoms with Crippen molar-refractivity contribution in [2.45, 2.75) is 63.1 Å². The third-order valence-electron chi connectivity index (χ3n) is 6.33. The number of primary amides is 1. The molecule has 0 aliphatic carbocycles. The number of pyridine rings is 1. The van der Waals surface area contributed by atoms with Crippen molar-refractivity contribution < 1.29 is 23.8 Å². The molecule has 1 aromatic heterocycles. The minimum atomic E-state index is -1.53. The van der Waals surface area contributed by atoms with E-state index in [1.165, 1.54) is 24.4 Å². The summed E-state index contributed by atoms with van der Waals surface area (Å²) in [6.07, 6.45) is 0.0911. The van der Waals surface area contributed by atoms with Gasteiger partial charge in [0.05, 0.1) is 34.3 Å². The molecule has 1 fully saturated rings. The molecule has 8 nitrogen and oxygen atoms in total. The Labute approximate surface area is 224 Å². The first-order valence-electron chi connectivity index (χ1n) is 11.7. The van der Waals surface area contributed by atoms with E-state index in [0.29, 0.717) is 17.1 Å². The predicted octanol–water partition coefficient (Wildman–Crippen LogP) is 3.63. The average molecular weight is 551 g/mol. The molecule has 1 amide bonds. The molecule has 1 saturated heterocycles. The van der Waals surface area contributed by atoms with Crippen LogP contribution in [0.25, 0.3) is 0 Å². The minimum absolute atomic E-state index is 0.0364. The summed E-state index contributed by atoms with van der Waals surface area (Å²) in [7, 11) is 0. The van der Waals surface area contributed by atoms with Crippen molar-refractivity contribution in [3.63, 3.8) is 0 Å². The number of aliphatic hydroxyl groups is 1. The molecule has 3 rings (SSSR count). The van der Waals surface area contributed by atoms with E-state index in [9.17, 15) is 20.0 Å². The largest absolute Gasteiger partial charge is 0.462 e. The van der Waals surface area contributed by atoms with Crippen molar-refractivity contribution in [3.05, 3.63) is 63.6 Å². The van der Waals surface area contributed by atoms with Crippen molar-refractivity contribution in [1.82, 2.24) is 10.3 Å². The van der Waals surface area contributed by atoms with E-state index >= 15 is 4.39 Å². The molecule has 1 aliphatic rings. The predicted molar refractivity (Wildman–Crippen MR) is 136 cm³/mol. The van der Waals surface area contributed by atoms with Crippen LogP contribution in [0.2, 0.25) is 10.0 Å². The zero-order chi connectivity index (χ0) is 27.5. The smallest absolute Gasteiger partial charge is 0.323 e. The van der Waals surface area contributed by atoms with Crippen LogP contribution in [-0.4, -0.2) is 46.8 Å². The van der Waals surface area contributed by atoms with Gasteiger partial charge in [-0.15, -0.1) is 0 Å². The lowest BCUT2D eigenvalue weighted by Gasteiger charge is -2.36. The Morgan fingerprint density at radius 2 is 2.03 bits per heavy atom. The van der Waals surface area contributed by atoms with Crippen molar-refractivity contribution in [2.75, 3.05) is 6.61 Å². The minimum Gasteiger partial charge on any atom is -0.462 e. The number of hydrogen-bond acceptors (Lipinski definition) is 7. The molecule has 0 unspecified atom stereocenters. The fourth-order valence-electron chi connectivity index (χ4n) is 4.87. The van der Waals surface area contributed by atoms with Gasteiger partial charge in [-0.05, 0) is 35.6 Å². The maximum Gasteiger partial charge on any atom is 0.323 e. The number of hydrogen-bond donors (Lipinski definition) is 3. The quantitative estimate of drug-likeness (QED) is 0.426. The molecule has 198 valence electrons. The van der Waals surface area contributed by atoms with Crippen LogP contribution < -0.4 is 11.1 Å². The van der Waals surface area contributed by atoms with E-state index in [2.05, 4.69) is 16.4 Å². The van der Waals surface area contributed by atoms with Gasteiger partial charge in [0.25, 0.3) is 0 Å². The number of carbonyl (C=O) groups excluding carboxylic acids is 2. The lowest BCUT2D eigenvalue weighted by atomic mass is 9.64. The van der Waals surface area contributed by atoms with Crippen LogP contribution in [0.1, 0.15) is 50.8 Å². The van der Waals surface area contributed by atoms with E-state index in [-0.39, 0.29) is 16.0 Å². The lowest BCUT2D eigenvalue weighted by Crippen LogP contribution is -2.44. The Balaban J connectivity index is 2.18. The summed E-state index contributed by atoms with van der Waals surface area (Å²) in [5.41, 5.74) is 3.60. The number of carbonyl (C=O) groups is 2. The Hall–Kier alpha value is -2.77. The summed E-state index contributed by atoms with van der Waals surface area (Å²) in [5, 5.41) is 24.1. The highest BCUT2D eigenvalue weighted by atomic mass is 35.5. The number of benzene rings is 1. The van der Waals surface area contributed by atoms with Gasteiger partial charge >= 0.3 is 5.97 Å². The molecule has 11 heteroatoms. The Morgan fingerprint density at radius 1 is 1.32 bits per heavy atom. The highest BCUT2D eigenvalue weighted by molar-refractivity contribution is 6.31. The number of nitrogens with two attached hydrogens (primary N) is 1. The monoisotopic (exact) mass is 550 g/mol. The summed E-state index contributed by atoms with van der Waals surface area (Å²) >= 11 is 12.2. The van der Waals surface area contributed by atoms with Gasteiger partial charge in [0.15, 0.2) is 0 Å². The number of nitrogens with one attached hydrogen (secondary N) is 1. The summed E-state index contributed by atoms with van der Waals surface area (Å²) < 4.78 is 20.8. The van der Waals surface area contributed by atoms with Gasteiger partial charge in [0, 0.05) is 18.2 Å². The zero-order valence-electron chi connectivity index (χ0n) is 20.7. The van der Waals surface area contributed by atoms with E-state index in [0.717, 1.165) is 0 Å². The maximum atomic E-state index is 15.5. The fourth-order valence-corrected chi connectivity index (χ4v) is 5.16. The normalized spacial score (nSPS) is 24.3. The molecular formula is C26H29Cl2FN4O4.